The van der Waals surface area contributed by atoms with Crippen molar-refractivity contribution in [2.45, 2.75) is 57.0 Å². The molecule has 1 spiro atoms. The molecule has 3 heteroatoms. The second-order valence-corrected chi connectivity index (χ2v) is 4.37. The highest BCUT2D eigenvalue weighted by Gasteiger charge is 2.50. The molecule has 0 aromatic rings. The lowest BCUT2D eigenvalue weighted by Crippen LogP contribution is -2.37. The Morgan fingerprint density at radius 3 is 2.69 bits per heavy atom. The fourth-order valence-electron chi connectivity index (χ4n) is 2.64. The summed E-state index contributed by atoms with van der Waals surface area (Å²) in [5.41, 5.74) is 5.59. The quantitative estimate of drug-likeness (QED) is 0.664. The number of hydrogen-bond donors (Lipinski definition) is 1. The molecule has 0 aromatic heterocycles. The number of rotatable bonds is 1. The van der Waals surface area contributed by atoms with Crippen LogP contribution in [0.1, 0.15) is 33.1 Å². The van der Waals surface area contributed by atoms with Crippen molar-refractivity contribution in [3.8, 4) is 0 Å². The number of ether oxygens (including phenoxy) is 2. The summed E-state index contributed by atoms with van der Waals surface area (Å²) >= 11 is 0. The van der Waals surface area contributed by atoms with Gasteiger partial charge in [0, 0.05) is 13.0 Å². The van der Waals surface area contributed by atoms with Gasteiger partial charge in [0.2, 0.25) is 0 Å². The van der Waals surface area contributed by atoms with E-state index in [1.807, 2.05) is 0 Å². The van der Waals surface area contributed by atoms with Gasteiger partial charge in [0.05, 0.1) is 23.9 Å². The highest BCUT2D eigenvalue weighted by Crippen LogP contribution is 2.43. The Morgan fingerprint density at radius 2 is 2.23 bits per heavy atom. The average Bonchev–Trinajstić information content (AvgIpc) is 2.59. The molecule has 3 nitrogen and oxygen atoms in total. The fraction of sp³-hybridized carbons (Fsp3) is 1.00. The monoisotopic (exact) mass is 185 g/mol. The molecule has 2 N–H and O–H groups in total. The van der Waals surface area contributed by atoms with Crippen molar-refractivity contribution in [2.24, 2.45) is 5.73 Å². The van der Waals surface area contributed by atoms with E-state index in [1.54, 1.807) is 0 Å². The van der Waals surface area contributed by atoms with Crippen LogP contribution >= 0.6 is 0 Å². The van der Waals surface area contributed by atoms with Crippen molar-refractivity contribution in [1.82, 2.24) is 0 Å². The third-order valence-corrected chi connectivity index (χ3v) is 3.36. The lowest BCUT2D eigenvalue weighted by molar-refractivity contribution is -0.0782. The first-order chi connectivity index (χ1) is 6.16. The van der Waals surface area contributed by atoms with E-state index in [2.05, 4.69) is 13.8 Å². The molecular formula is C10H19NO2. The molecule has 4 atom stereocenters. The van der Waals surface area contributed by atoms with E-state index in [9.17, 15) is 0 Å². The molecule has 13 heavy (non-hydrogen) atoms. The van der Waals surface area contributed by atoms with Crippen LogP contribution < -0.4 is 5.73 Å². The Hall–Kier alpha value is -0.120. The topological polar surface area (TPSA) is 44.5 Å². The lowest BCUT2D eigenvalue weighted by Gasteiger charge is -2.27. The maximum absolute atomic E-state index is 5.99. The van der Waals surface area contributed by atoms with Crippen LogP contribution in [-0.4, -0.2) is 30.5 Å². The predicted octanol–water partition coefficient (Wildman–Crippen LogP) is 1.06. The van der Waals surface area contributed by atoms with Gasteiger partial charge in [0.1, 0.15) is 0 Å². The molecule has 2 heterocycles. The molecular weight excluding hydrogens is 166 g/mol. The summed E-state index contributed by atoms with van der Waals surface area (Å²) in [6.07, 6.45) is 4.07. The minimum absolute atomic E-state index is 0.0105. The molecule has 2 saturated heterocycles. The summed E-state index contributed by atoms with van der Waals surface area (Å²) < 4.78 is 11.7. The number of hydrogen-bond acceptors (Lipinski definition) is 3. The molecule has 0 unspecified atom stereocenters. The van der Waals surface area contributed by atoms with Gasteiger partial charge in [0.25, 0.3) is 0 Å². The van der Waals surface area contributed by atoms with Gasteiger partial charge >= 0.3 is 0 Å². The summed E-state index contributed by atoms with van der Waals surface area (Å²) in [5.74, 6) is 0. The standard InChI is InChI=1S/C10H19NO2/c1-7-5-10(8(2)12-7)4-3-9(6-11)13-10/h7-9H,3-6,11H2,1-2H3/t7-,8-,9+,10-/m1/s1. The van der Waals surface area contributed by atoms with Gasteiger partial charge in [-0.1, -0.05) is 0 Å². The summed E-state index contributed by atoms with van der Waals surface area (Å²) in [6, 6.07) is 0. The molecule has 76 valence electrons. The van der Waals surface area contributed by atoms with E-state index in [1.165, 1.54) is 0 Å². The van der Waals surface area contributed by atoms with E-state index in [0.29, 0.717) is 12.6 Å². The van der Waals surface area contributed by atoms with E-state index in [4.69, 9.17) is 15.2 Å². The van der Waals surface area contributed by atoms with Crippen molar-refractivity contribution in [1.29, 1.82) is 0 Å². The van der Waals surface area contributed by atoms with Crippen molar-refractivity contribution in [3.63, 3.8) is 0 Å². The molecule has 2 aliphatic heterocycles. The van der Waals surface area contributed by atoms with E-state index >= 15 is 0 Å². The van der Waals surface area contributed by atoms with Crippen LogP contribution in [0.15, 0.2) is 0 Å². The van der Waals surface area contributed by atoms with Crippen molar-refractivity contribution < 1.29 is 9.47 Å². The first kappa shape index (κ1) is 9.44. The highest BCUT2D eigenvalue weighted by atomic mass is 16.6. The second kappa shape index (κ2) is 3.23. The molecule has 0 saturated carbocycles. The molecule has 0 aliphatic carbocycles. The van der Waals surface area contributed by atoms with Gasteiger partial charge < -0.3 is 15.2 Å². The Morgan fingerprint density at radius 1 is 1.46 bits per heavy atom. The zero-order chi connectivity index (χ0) is 9.47. The smallest absolute Gasteiger partial charge is 0.0970 e. The molecule has 0 radical (unpaired) electrons. The van der Waals surface area contributed by atoms with Crippen LogP contribution in [0.4, 0.5) is 0 Å². The van der Waals surface area contributed by atoms with E-state index < -0.39 is 0 Å². The normalized spacial score (nSPS) is 50.5. The SMILES string of the molecule is C[C@@H]1C[C@]2(CC[C@@H](CN)O2)[C@@H](C)O1. The summed E-state index contributed by atoms with van der Waals surface area (Å²) in [7, 11) is 0. The molecule has 0 amide bonds. The largest absolute Gasteiger partial charge is 0.372 e. The van der Waals surface area contributed by atoms with Gasteiger partial charge in [-0.05, 0) is 26.7 Å². The van der Waals surface area contributed by atoms with Crippen LogP contribution in [0.2, 0.25) is 0 Å². The minimum atomic E-state index is -0.0105. The Labute approximate surface area is 79.6 Å². The van der Waals surface area contributed by atoms with Crippen LogP contribution in [0.5, 0.6) is 0 Å². The Bertz CT molecular complexity index is 197. The van der Waals surface area contributed by atoms with Crippen molar-refractivity contribution >= 4 is 0 Å². The second-order valence-electron chi connectivity index (χ2n) is 4.37. The Balaban J connectivity index is 2.06. The van der Waals surface area contributed by atoms with Crippen LogP contribution in [-0.2, 0) is 9.47 Å². The fourth-order valence-corrected chi connectivity index (χ4v) is 2.64. The van der Waals surface area contributed by atoms with Gasteiger partial charge in [-0.25, -0.2) is 0 Å². The van der Waals surface area contributed by atoms with Crippen LogP contribution in [0, 0.1) is 0 Å². The van der Waals surface area contributed by atoms with Gasteiger partial charge in [-0.15, -0.1) is 0 Å². The minimum Gasteiger partial charge on any atom is -0.372 e. The molecule has 2 rings (SSSR count). The first-order valence-electron chi connectivity index (χ1n) is 5.19. The molecule has 0 bridgehead atoms. The average molecular weight is 185 g/mol. The third kappa shape index (κ3) is 1.49. The zero-order valence-corrected chi connectivity index (χ0v) is 8.45. The molecule has 0 aromatic carbocycles. The maximum atomic E-state index is 5.99. The summed E-state index contributed by atoms with van der Waals surface area (Å²) in [6.45, 7) is 4.87. The maximum Gasteiger partial charge on any atom is 0.0970 e. The van der Waals surface area contributed by atoms with Crippen LogP contribution in [0.25, 0.3) is 0 Å². The van der Waals surface area contributed by atoms with Gasteiger partial charge in [0.15, 0.2) is 0 Å². The summed E-state index contributed by atoms with van der Waals surface area (Å²) in [5, 5.41) is 0. The van der Waals surface area contributed by atoms with E-state index in [-0.39, 0.29) is 17.8 Å². The summed E-state index contributed by atoms with van der Waals surface area (Å²) in [4.78, 5) is 0. The van der Waals surface area contributed by atoms with Gasteiger partial charge in [-0.3, -0.25) is 0 Å². The Kier molecular flexibility index (Phi) is 2.34. The first-order valence-corrected chi connectivity index (χ1v) is 5.19. The highest BCUT2D eigenvalue weighted by molar-refractivity contribution is 4.99. The van der Waals surface area contributed by atoms with E-state index in [0.717, 1.165) is 19.3 Å². The van der Waals surface area contributed by atoms with Crippen LogP contribution in [0.3, 0.4) is 0 Å². The third-order valence-electron chi connectivity index (χ3n) is 3.36. The lowest BCUT2D eigenvalue weighted by atomic mass is 9.91. The van der Waals surface area contributed by atoms with Gasteiger partial charge in [-0.2, -0.15) is 0 Å². The molecule has 2 aliphatic rings. The van der Waals surface area contributed by atoms with Crippen molar-refractivity contribution in [3.05, 3.63) is 0 Å². The van der Waals surface area contributed by atoms with Crippen molar-refractivity contribution in [2.75, 3.05) is 6.54 Å². The number of nitrogens with two attached hydrogens (primary N) is 1. The molecule has 2 fully saturated rings. The predicted molar refractivity (Wildman–Crippen MR) is 50.5 cm³/mol. The zero-order valence-electron chi connectivity index (χ0n) is 8.45.